The van der Waals surface area contributed by atoms with Gasteiger partial charge < -0.3 is 4.90 Å². The minimum atomic E-state index is -3.08. The smallest absolute Gasteiger partial charge is 0.252 e. The quantitative estimate of drug-likeness (QED) is 0.739. The van der Waals surface area contributed by atoms with Crippen LogP contribution in [-0.2, 0) is 21.1 Å². The van der Waals surface area contributed by atoms with Gasteiger partial charge in [-0.3, -0.25) is 4.79 Å². The zero-order valence-corrected chi connectivity index (χ0v) is 17.6. The minimum absolute atomic E-state index is 0.0797. The highest BCUT2D eigenvalue weighted by atomic mass is 35.5. The van der Waals surface area contributed by atoms with Crippen LogP contribution < -0.4 is 4.90 Å². The number of hydrogen-bond donors (Lipinski definition) is 0. The van der Waals surface area contributed by atoms with Gasteiger partial charge in [0.25, 0.3) is 5.91 Å². The number of rotatable bonds is 3. The number of anilines is 1. The van der Waals surface area contributed by atoms with Crippen LogP contribution in [0.3, 0.4) is 0 Å². The number of carbonyl (C=O) groups excluding carboxylic acids is 1. The third-order valence-corrected chi connectivity index (χ3v) is 8.44. The van der Waals surface area contributed by atoms with Gasteiger partial charge in [-0.2, -0.15) is 4.99 Å². The fourth-order valence-corrected chi connectivity index (χ4v) is 7.73. The molecule has 2 aromatic rings. The lowest BCUT2D eigenvalue weighted by atomic mass is 10.1. The van der Waals surface area contributed by atoms with E-state index in [-0.39, 0.29) is 35.1 Å². The molecule has 146 valence electrons. The fraction of sp³-hybridized carbons (Fsp3) is 0.300. The molecule has 1 amide bonds. The van der Waals surface area contributed by atoms with Crippen LogP contribution in [0.1, 0.15) is 11.1 Å². The highest BCUT2D eigenvalue weighted by Crippen LogP contribution is 2.41. The lowest BCUT2D eigenvalue weighted by Crippen LogP contribution is -2.37. The molecule has 5 nitrogen and oxygen atoms in total. The molecule has 0 unspecified atom stereocenters. The minimum Gasteiger partial charge on any atom is -0.316 e. The monoisotopic (exact) mass is 434 g/mol. The Labute approximate surface area is 173 Å². The number of amides is 1. The van der Waals surface area contributed by atoms with E-state index in [1.807, 2.05) is 54.3 Å². The molecular weight excluding hydrogens is 416 g/mol. The zero-order chi connectivity index (χ0) is 19.9. The Balaban J connectivity index is 1.66. The molecule has 2 aromatic carbocycles. The van der Waals surface area contributed by atoms with Gasteiger partial charge in [-0.25, -0.2) is 8.42 Å². The SMILES string of the molecule is Cc1cccc(N2C(=NC(=O)Cc3ccccc3Cl)S[C@@H]3CS(=O)(=O)C[C@H]32)c1. The Hall–Kier alpha value is -1.83. The van der Waals surface area contributed by atoms with E-state index in [0.717, 1.165) is 16.8 Å². The van der Waals surface area contributed by atoms with Crippen molar-refractivity contribution in [2.75, 3.05) is 16.4 Å². The first-order valence-electron chi connectivity index (χ1n) is 8.90. The van der Waals surface area contributed by atoms with Crippen molar-refractivity contribution < 1.29 is 13.2 Å². The third kappa shape index (κ3) is 3.97. The first-order valence-corrected chi connectivity index (χ1v) is 12.0. The second kappa shape index (κ2) is 7.54. The number of amidine groups is 1. The molecule has 2 atom stereocenters. The molecule has 0 spiro atoms. The molecule has 0 bridgehead atoms. The summed E-state index contributed by atoms with van der Waals surface area (Å²) in [4.78, 5) is 18.9. The molecule has 2 aliphatic heterocycles. The largest absolute Gasteiger partial charge is 0.316 e. The first-order chi connectivity index (χ1) is 13.3. The number of aryl methyl sites for hydroxylation is 1. The van der Waals surface area contributed by atoms with E-state index < -0.39 is 9.84 Å². The van der Waals surface area contributed by atoms with Gasteiger partial charge in [0.2, 0.25) is 0 Å². The summed E-state index contributed by atoms with van der Waals surface area (Å²) in [6.07, 6.45) is 0.110. The van der Waals surface area contributed by atoms with Crippen molar-refractivity contribution in [2.24, 2.45) is 4.99 Å². The highest BCUT2D eigenvalue weighted by molar-refractivity contribution is 8.16. The lowest BCUT2D eigenvalue weighted by molar-refractivity contribution is -0.117. The van der Waals surface area contributed by atoms with Gasteiger partial charge in [-0.1, -0.05) is 53.7 Å². The van der Waals surface area contributed by atoms with Crippen LogP contribution in [0.25, 0.3) is 0 Å². The summed E-state index contributed by atoms with van der Waals surface area (Å²) in [5, 5.41) is 0.985. The molecule has 2 heterocycles. The van der Waals surface area contributed by atoms with Crippen molar-refractivity contribution in [2.45, 2.75) is 24.6 Å². The Morgan fingerprint density at radius 1 is 1.21 bits per heavy atom. The van der Waals surface area contributed by atoms with Crippen LogP contribution in [0.2, 0.25) is 5.02 Å². The number of carbonyl (C=O) groups is 1. The van der Waals surface area contributed by atoms with Crippen molar-refractivity contribution in [3.63, 3.8) is 0 Å². The van der Waals surface area contributed by atoms with Gasteiger partial charge in [0.1, 0.15) is 0 Å². The molecule has 8 heteroatoms. The lowest BCUT2D eigenvalue weighted by Gasteiger charge is -2.24. The second-order valence-electron chi connectivity index (χ2n) is 7.07. The van der Waals surface area contributed by atoms with Crippen LogP contribution in [-0.4, -0.2) is 42.3 Å². The van der Waals surface area contributed by atoms with Crippen LogP contribution >= 0.6 is 23.4 Å². The Bertz CT molecular complexity index is 1070. The second-order valence-corrected chi connectivity index (χ2v) is 10.8. The molecular formula is C20H19ClN2O3S2. The summed E-state index contributed by atoms with van der Waals surface area (Å²) >= 11 is 7.53. The highest BCUT2D eigenvalue weighted by Gasteiger charge is 2.49. The van der Waals surface area contributed by atoms with Gasteiger partial charge in [0, 0.05) is 16.0 Å². The number of sulfone groups is 1. The molecule has 0 saturated carbocycles. The number of thioether (sulfide) groups is 1. The van der Waals surface area contributed by atoms with E-state index in [1.165, 1.54) is 11.8 Å². The topological polar surface area (TPSA) is 66.8 Å². The maximum atomic E-state index is 12.6. The maximum Gasteiger partial charge on any atom is 0.252 e. The number of hydrogen-bond acceptors (Lipinski definition) is 4. The number of benzene rings is 2. The third-order valence-electron chi connectivity index (χ3n) is 4.87. The summed E-state index contributed by atoms with van der Waals surface area (Å²) < 4.78 is 24.3. The van der Waals surface area contributed by atoms with Gasteiger partial charge in [0.05, 0.1) is 24.0 Å². The molecule has 0 N–H and O–H groups in total. The molecule has 2 fully saturated rings. The van der Waals surface area contributed by atoms with E-state index in [2.05, 4.69) is 4.99 Å². The molecule has 0 aromatic heterocycles. The van der Waals surface area contributed by atoms with Crippen LogP contribution in [0, 0.1) is 6.92 Å². The van der Waals surface area contributed by atoms with E-state index in [0.29, 0.717) is 10.2 Å². The van der Waals surface area contributed by atoms with Crippen LogP contribution in [0.5, 0.6) is 0 Å². The van der Waals surface area contributed by atoms with Gasteiger partial charge >= 0.3 is 0 Å². The predicted octanol–water partition coefficient (Wildman–Crippen LogP) is 3.49. The fourth-order valence-electron chi connectivity index (χ4n) is 3.60. The first kappa shape index (κ1) is 19.5. The summed E-state index contributed by atoms with van der Waals surface area (Å²) in [5.41, 5.74) is 2.65. The Morgan fingerprint density at radius 3 is 2.75 bits per heavy atom. The van der Waals surface area contributed by atoms with E-state index in [1.54, 1.807) is 6.07 Å². The molecule has 0 aliphatic carbocycles. The van der Waals surface area contributed by atoms with Crippen molar-refractivity contribution in [1.82, 2.24) is 0 Å². The molecule has 28 heavy (non-hydrogen) atoms. The van der Waals surface area contributed by atoms with Gasteiger partial charge in [-0.05, 0) is 36.2 Å². The standard InChI is InChI=1S/C20H19ClN2O3S2/c1-13-5-4-7-15(9-13)23-17-11-28(25,26)12-18(17)27-20(23)22-19(24)10-14-6-2-3-8-16(14)21/h2-9,17-18H,10-12H2,1H3/t17-,18-/m1/s1. The molecule has 4 rings (SSSR count). The summed E-state index contributed by atoms with van der Waals surface area (Å²) in [7, 11) is -3.08. The molecule has 2 saturated heterocycles. The zero-order valence-electron chi connectivity index (χ0n) is 15.2. The average molecular weight is 435 g/mol. The number of aliphatic imine (C=N–C) groups is 1. The summed E-state index contributed by atoms with van der Waals surface area (Å²) in [6.45, 7) is 1.98. The Kier molecular flexibility index (Phi) is 5.24. The van der Waals surface area contributed by atoms with Crippen molar-refractivity contribution in [3.05, 3.63) is 64.7 Å². The number of fused-ring (bicyclic) bond motifs is 1. The predicted molar refractivity (Wildman–Crippen MR) is 115 cm³/mol. The summed E-state index contributed by atoms with van der Waals surface area (Å²) in [5.74, 6) is -0.102. The van der Waals surface area contributed by atoms with Crippen LogP contribution in [0.15, 0.2) is 53.5 Å². The number of nitrogens with zero attached hydrogens (tertiary/aromatic N) is 2. The van der Waals surface area contributed by atoms with Crippen LogP contribution in [0.4, 0.5) is 5.69 Å². The molecule has 2 aliphatic rings. The Morgan fingerprint density at radius 2 is 2.00 bits per heavy atom. The van der Waals surface area contributed by atoms with Gasteiger partial charge in [-0.15, -0.1) is 0 Å². The van der Waals surface area contributed by atoms with E-state index in [4.69, 9.17) is 11.6 Å². The van der Waals surface area contributed by atoms with Crippen molar-refractivity contribution in [1.29, 1.82) is 0 Å². The van der Waals surface area contributed by atoms with E-state index in [9.17, 15) is 13.2 Å². The number of halogens is 1. The maximum absolute atomic E-state index is 12.6. The average Bonchev–Trinajstić information content (AvgIpc) is 3.07. The van der Waals surface area contributed by atoms with Gasteiger partial charge in [0.15, 0.2) is 15.0 Å². The summed E-state index contributed by atoms with van der Waals surface area (Å²) in [6, 6.07) is 14.8. The molecule has 0 radical (unpaired) electrons. The van der Waals surface area contributed by atoms with Crippen molar-refractivity contribution >= 4 is 50.0 Å². The normalized spacial score (nSPS) is 24.5. The van der Waals surface area contributed by atoms with E-state index >= 15 is 0 Å². The van der Waals surface area contributed by atoms with Crippen molar-refractivity contribution in [3.8, 4) is 0 Å².